The van der Waals surface area contributed by atoms with Crippen molar-refractivity contribution in [2.45, 2.75) is 37.6 Å². The molecule has 0 bridgehead atoms. The molecule has 1 aromatic carbocycles. The second kappa shape index (κ2) is 7.70. The molecule has 2 aromatic heterocycles. The first-order chi connectivity index (χ1) is 12.1. The number of aromatic nitrogens is 6. The van der Waals surface area contributed by atoms with E-state index in [1.165, 1.54) is 23.1 Å². The van der Waals surface area contributed by atoms with Crippen molar-refractivity contribution in [2.75, 3.05) is 5.32 Å². The number of hydrogen-bond donors (Lipinski definition) is 1. The van der Waals surface area contributed by atoms with Gasteiger partial charge >= 0.3 is 0 Å². The smallest absolute Gasteiger partial charge is 0.239 e. The molecular weight excluding hydrogens is 358 g/mol. The van der Waals surface area contributed by atoms with Crippen LogP contribution < -0.4 is 5.32 Å². The Hall–Kier alpha value is -2.33. The largest absolute Gasteiger partial charge is 0.300 e. The van der Waals surface area contributed by atoms with E-state index in [4.69, 9.17) is 0 Å². The van der Waals surface area contributed by atoms with Gasteiger partial charge in [0.15, 0.2) is 0 Å². The van der Waals surface area contributed by atoms with Crippen LogP contribution in [0, 0.1) is 6.92 Å². The lowest BCUT2D eigenvalue weighted by atomic mass is 10.2. The fourth-order valence-electron chi connectivity index (χ4n) is 1.97. The minimum absolute atomic E-state index is 0.165. The van der Waals surface area contributed by atoms with E-state index in [1.807, 2.05) is 38.1 Å². The molecule has 3 rings (SSSR count). The van der Waals surface area contributed by atoms with Gasteiger partial charge in [0.1, 0.15) is 5.01 Å². The van der Waals surface area contributed by atoms with E-state index in [-0.39, 0.29) is 11.2 Å². The molecule has 0 saturated carbocycles. The van der Waals surface area contributed by atoms with Crippen LogP contribution in [0.3, 0.4) is 0 Å². The molecule has 10 heteroatoms. The number of nitrogens with one attached hydrogen (secondary N) is 1. The van der Waals surface area contributed by atoms with Gasteiger partial charge in [-0.25, -0.2) is 0 Å². The van der Waals surface area contributed by atoms with Gasteiger partial charge < -0.3 is 0 Å². The van der Waals surface area contributed by atoms with Crippen molar-refractivity contribution < 1.29 is 4.79 Å². The minimum Gasteiger partial charge on any atom is -0.300 e. The number of amides is 1. The number of anilines is 1. The standard InChI is InChI=1S/C15H17N7OS2/c1-4-12-17-18-14(25-12)16-13(23)10(3)24-15-19-20-21-22(15)11-7-5-9(2)6-8-11/h5-8,10H,4H2,1-3H3,(H,16,18,23)/t10-/m1/s1. The molecule has 1 amide bonds. The number of aryl methyl sites for hydroxylation is 2. The Kier molecular flexibility index (Phi) is 5.39. The molecular formula is C15H17N7OS2. The van der Waals surface area contributed by atoms with E-state index in [9.17, 15) is 4.79 Å². The van der Waals surface area contributed by atoms with E-state index in [0.29, 0.717) is 10.3 Å². The Balaban J connectivity index is 1.68. The van der Waals surface area contributed by atoms with Gasteiger partial charge in [0.05, 0.1) is 10.9 Å². The third-order valence-corrected chi connectivity index (χ3v) is 5.39. The SMILES string of the molecule is CCc1nnc(NC(=O)[C@@H](C)Sc2nnnn2-c2ccc(C)cc2)s1. The summed E-state index contributed by atoms with van der Waals surface area (Å²) < 4.78 is 1.62. The summed E-state index contributed by atoms with van der Waals surface area (Å²) in [5.74, 6) is -0.165. The number of thioether (sulfide) groups is 1. The lowest BCUT2D eigenvalue weighted by Gasteiger charge is -2.10. The highest BCUT2D eigenvalue weighted by Crippen LogP contribution is 2.24. The summed E-state index contributed by atoms with van der Waals surface area (Å²) in [5.41, 5.74) is 2.00. The molecule has 8 nitrogen and oxygen atoms in total. The van der Waals surface area contributed by atoms with Crippen LogP contribution in [0.15, 0.2) is 29.4 Å². The summed E-state index contributed by atoms with van der Waals surface area (Å²) in [5, 5.41) is 24.1. The van der Waals surface area contributed by atoms with Crippen molar-refractivity contribution in [1.82, 2.24) is 30.4 Å². The van der Waals surface area contributed by atoms with Crippen LogP contribution in [0.5, 0.6) is 0 Å². The molecule has 0 saturated heterocycles. The van der Waals surface area contributed by atoms with E-state index in [0.717, 1.165) is 22.7 Å². The average molecular weight is 375 g/mol. The van der Waals surface area contributed by atoms with Gasteiger partial charge in [-0.2, -0.15) is 4.68 Å². The zero-order valence-corrected chi connectivity index (χ0v) is 15.6. The number of carbonyl (C=O) groups excluding carboxylic acids is 1. The second-order valence-electron chi connectivity index (χ2n) is 5.31. The maximum Gasteiger partial charge on any atom is 0.239 e. The lowest BCUT2D eigenvalue weighted by molar-refractivity contribution is -0.115. The number of nitrogens with zero attached hydrogens (tertiary/aromatic N) is 6. The Bertz CT molecular complexity index is 859. The fourth-order valence-corrected chi connectivity index (χ4v) is 3.46. The number of benzene rings is 1. The normalized spacial score (nSPS) is 12.1. The molecule has 3 aromatic rings. The Morgan fingerprint density at radius 3 is 2.72 bits per heavy atom. The van der Waals surface area contributed by atoms with Gasteiger partial charge in [-0.1, -0.05) is 47.7 Å². The first kappa shape index (κ1) is 17.5. The first-order valence-corrected chi connectivity index (χ1v) is 9.41. The number of hydrogen-bond acceptors (Lipinski definition) is 8. The number of rotatable bonds is 6. The van der Waals surface area contributed by atoms with Crippen LogP contribution in [0.1, 0.15) is 24.4 Å². The average Bonchev–Trinajstić information content (AvgIpc) is 3.25. The third kappa shape index (κ3) is 4.20. The number of carbonyl (C=O) groups is 1. The topological polar surface area (TPSA) is 98.5 Å². The van der Waals surface area contributed by atoms with Gasteiger partial charge in [0.25, 0.3) is 0 Å². The molecule has 25 heavy (non-hydrogen) atoms. The second-order valence-corrected chi connectivity index (χ2v) is 7.68. The van der Waals surface area contributed by atoms with Gasteiger partial charge in [0, 0.05) is 0 Å². The predicted octanol–water partition coefficient (Wildman–Crippen LogP) is 2.50. The minimum atomic E-state index is -0.385. The summed E-state index contributed by atoms with van der Waals surface area (Å²) in [6.07, 6.45) is 0.795. The van der Waals surface area contributed by atoms with Crippen LogP contribution in [0.4, 0.5) is 5.13 Å². The van der Waals surface area contributed by atoms with Crippen molar-refractivity contribution >= 4 is 34.1 Å². The molecule has 0 radical (unpaired) electrons. The summed E-state index contributed by atoms with van der Waals surface area (Å²) >= 11 is 2.67. The van der Waals surface area contributed by atoms with Crippen molar-refractivity contribution in [3.05, 3.63) is 34.8 Å². The van der Waals surface area contributed by atoms with Gasteiger partial charge in [0.2, 0.25) is 16.2 Å². The van der Waals surface area contributed by atoms with Crippen LogP contribution in [0.25, 0.3) is 5.69 Å². The summed E-state index contributed by atoms with van der Waals surface area (Å²) in [6, 6.07) is 7.85. The third-order valence-electron chi connectivity index (χ3n) is 3.37. The van der Waals surface area contributed by atoms with Gasteiger partial charge in [-0.05, 0) is 42.8 Å². The number of tetrazole rings is 1. The van der Waals surface area contributed by atoms with Crippen LogP contribution in [0.2, 0.25) is 0 Å². The quantitative estimate of drug-likeness (QED) is 0.661. The molecule has 1 atom stereocenters. The molecule has 130 valence electrons. The zero-order valence-electron chi connectivity index (χ0n) is 14.0. The lowest BCUT2D eigenvalue weighted by Crippen LogP contribution is -2.22. The maximum absolute atomic E-state index is 12.4. The zero-order chi connectivity index (χ0) is 17.8. The highest BCUT2D eigenvalue weighted by atomic mass is 32.2. The van der Waals surface area contributed by atoms with Crippen LogP contribution in [-0.4, -0.2) is 41.6 Å². The Morgan fingerprint density at radius 2 is 2.04 bits per heavy atom. The first-order valence-electron chi connectivity index (χ1n) is 7.72. The Labute approximate surface area is 153 Å². The van der Waals surface area contributed by atoms with E-state index in [2.05, 4.69) is 31.0 Å². The summed E-state index contributed by atoms with van der Waals surface area (Å²) in [4.78, 5) is 12.4. The van der Waals surface area contributed by atoms with Crippen molar-refractivity contribution in [1.29, 1.82) is 0 Å². The molecule has 1 N–H and O–H groups in total. The van der Waals surface area contributed by atoms with Gasteiger partial charge in [-0.15, -0.1) is 15.3 Å². The molecule has 0 spiro atoms. The van der Waals surface area contributed by atoms with E-state index < -0.39 is 0 Å². The van der Waals surface area contributed by atoms with Crippen LogP contribution in [-0.2, 0) is 11.2 Å². The molecule has 0 aliphatic heterocycles. The Morgan fingerprint density at radius 1 is 1.28 bits per heavy atom. The highest BCUT2D eigenvalue weighted by molar-refractivity contribution is 8.00. The summed E-state index contributed by atoms with van der Waals surface area (Å²) in [6.45, 7) is 5.81. The monoisotopic (exact) mass is 375 g/mol. The van der Waals surface area contributed by atoms with E-state index >= 15 is 0 Å². The van der Waals surface area contributed by atoms with Gasteiger partial charge in [-0.3, -0.25) is 10.1 Å². The summed E-state index contributed by atoms with van der Waals surface area (Å²) in [7, 11) is 0. The maximum atomic E-state index is 12.4. The van der Waals surface area contributed by atoms with E-state index in [1.54, 1.807) is 11.6 Å². The highest BCUT2D eigenvalue weighted by Gasteiger charge is 2.20. The van der Waals surface area contributed by atoms with Crippen LogP contribution >= 0.6 is 23.1 Å². The molecule has 2 heterocycles. The van der Waals surface area contributed by atoms with Crippen molar-refractivity contribution in [3.63, 3.8) is 0 Å². The molecule has 0 fully saturated rings. The predicted molar refractivity (Wildman–Crippen MR) is 97.1 cm³/mol. The molecule has 0 aliphatic carbocycles. The fraction of sp³-hybridized carbons (Fsp3) is 0.333. The van der Waals surface area contributed by atoms with Crippen molar-refractivity contribution in [3.8, 4) is 5.69 Å². The molecule has 0 aliphatic rings. The van der Waals surface area contributed by atoms with Crippen molar-refractivity contribution in [2.24, 2.45) is 0 Å². The molecule has 0 unspecified atom stereocenters.